The van der Waals surface area contributed by atoms with Crippen LogP contribution in [-0.2, 0) is 0 Å². The molecule has 1 saturated carbocycles. The minimum atomic E-state index is 0.176. The van der Waals surface area contributed by atoms with Gasteiger partial charge in [0.1, 0.15) is 5.69 Å². The predicted octanol–water partition coefficient (Wildman–Crippen LogP) is 1.63. The van der Waals surface area contributed by atoms with Crippen LogP contribution in [0.1, 0.15) is 42.7 Å². The standard InChI is InChI=1S/C14H21N3O/c1-10-7-11(8-15)9-17(10)14(18)13-3-2-6-16(13)12-4-5-12/h2-3,6,10-12H,4-5,7-9,15H2,1H3. The van der Waals surface area contributed by atoms with Crippen LogP contribution in [0.15, 0.2) is 18.3 Å². The summed E-state index contributed by atoms with van der Waals surface area (Å²) < 4.78 is 2.14. The van der Waals surface area contributed by atoms with E-state index in [4.69, 9.17) is 5.73 Å². The highest BCUT2D eigenvalue weighted by molar-refractivity contribution is 5.93. The molecule has 2 aliphatic rings. The van der Waals surface area contributed by atoms with Crippen molar-refractivity contribution in [3.05, 3.63) is 24.0 Å². The molecule has 2 heterocycles. The van der Waals surface area contributed by atoms with Crippen molar-refractivity contribution in [3.63, 3.8) is 0 Å². The zero-order chi connectivity index (χ0) is 12.7. The van der Waals surface area contributed by atoms with Crippen LogP contribution in [0, 0.1) is 5.92 Å². The zero-order valence-corrected chi connectivity index (χ0v) is 10.9. The SMILES string of the molecule is CC1CC(CN)CN1C(=O)c1cccn1C1CC1. The lowest BCUT2D eigenvalue weighted by molar-refractivity contribution is 0.0732. The van der Waals surface area contributed by atoms with Gasteiger partial charge in [0.2, 0.25) is 0 Å². The van der Waals surface area contributed by atoms with Gasteiger partial charge in [-0.2, -0.15) is 0 Å². The maximum atomic E-state index is 12.6. The maximum Gasteiger partial charge on any atom is 0.270 e. The Morgan fingerprint density at radius 3 is 2.89 bits per heavy atom. The molecule has 0 radical (unpaired) electrons. The quantitative estimate of drug-likeness (QED) is 0.882. The summed E-state index contributed by atoms with van der Waals surface area (Å²) in [5, 5.41) is 0. The number of hydrogen-bond donors (Lipinski definition) is 1. The lowest BCUT2D eigenvalue weighted by atomic mass is 10.1. The first-order valence-electron chi connectivity index (χ1n) is 6.88. The minimum absolute atomic E-state index is 0.176. The summed E-state index contributed by atoms with van der Waals surface area (Å²) >= 11 is 0. The molecule has 1 aliphatic heterocycles. The fourth-order valence-electron chi connectivity index (χ4n) is 2.99. The Morgan fingerprint density at radius 2 is 2.28 bits per heavy atom. The average Bonchev–Trinajstić information content (AvgIpc) is 2.97. The van der Waals surface area contributed by atoms with E-state index in [1.807, 2.05) is 23.2 Å². The highest BCUT2D eigenvalue weighted by Gasteiger charge is 2.34. The second-order valence-corrected chi connectivity index (χ2v) is 5.68. The molecule has 4 nitrogen and oxygen atoms in total. The lowest BCUT2D eigenvalue weighted by Gasteiger charge is -2.22. The van der Waals surface area contributed by atoms with Crippen molar-refractivity contribution >= 4 is 5.91 Å². The molecule has 98 valence electrons. The summed E-state index contributed by atoms with van der Waals surface area (Å²) in [5.41, 5.74) is 6.57. The topological polar surface area (TPSA) is 51.3 Å². The van der Waals surface area contributed by atoms with Crippen molar-refractivity contribution in [1.82, 2.24) is 9.47 Å². The van der Waals surface area contributed by atoms with E-state index in [1.54, 1.807) is 0 Å². The first-order chi connectivity index (χ1) is 8.70. The van der Waals surface area contributed by atoms with Gasteiger partial charge in [-0.15, -0.1) is 0 Å². The van der Waals surface area contributed by atoms with E-state index in [-0.39, 0.29) is 5.91 Å². The van der Waals surface area contributed by atoms with Crippen LogP contribution in [0.3, 0.4) is 0 Å². The van der Waals surface area contributed by atoms with Crippen LogP contribution in [0.4, 0.5) is 0 Å². The van der Waals surface area contributed by atoms with E-state index < -0.39 is 0 Å². The van der Waals surface area contributed by atoms with Gasteiger partial charge in [0.05, 0.1) is 0 Å². The molecule has 1 aromatic heterocycles. The lowest BCUT2D eigenvalue weighted by Crippen LogP contribution is -2.35. The van der Waals surface area contributed by atoms with Gasteiger partial charge >= 0.3 is 0 Å². The minimum Gasteiger partial charge on any atom is -0.340 e. The van der Waals surface area contributed by atoms with Crippen molar-refractivity contribution in [2.75, 3.05) is 13.1 Å². The summed E-state index contributed by atoms with van der Waals surface area (Å²) in [7, 11) is 0. The number of rotatable bonds is 3. The molecule has 4 heteroatoms. The fraction of sp³-hybridized carbons (Fsp3) is 0.643. The van der Waals surface area contributed by atoms with Crippen molar-refractivity contribution in [1.29, 1.82) is 0 Å². The van der Waals surface area contributed by atoms with E-state index in [1.165, 1.54) is 12.8 Å². The molecule has 0 spiro atoms. The summed E-state index contributed by atoms with van der Waals surface area (Å²) in [6, 6.07) is 4.80. The van der Waals surface area contributed by atoms with E-state index in [0.29, 0.717) is 24.5 Å². The molecule has 3 rings (SSSR count). The molecule has 2 N–H and O–H groups in total. The average molecular weight is 247 g/mol. The monoisotopic (exact) mass is 247 g/mol. The van der Waals surface area contributed by atoms with Gasteiger partial charge in [-0.05, 0) is 50.8 Å². The summed E-state index contributed by atoms with van der Waals surface area (Å²) in [6.07, 6.45) is 5.48. The van der Waals surface area contributed by atoms with Crippen LogP contribution in [0.2, 0.25) is 0 Å². The number of aromatic nitrogens is 1. The third kappa shape index (κ3) is 1.94. The number of carbonyl (C=O) groups excluding carboxylic acids is 1. The summed E-state index contributed by atoms with van der Waals surface area (Å²) in [4.78, 5) is 14.6. The molecule has 1 aromatic rings. The van der Waals surface area contributed by atoms with Crippen LogP contribution in [0.25, 0.3) is 0 Å². The molecule has 18 heavy (non-hydrogen) atoms. The molecule has 0 bridgehead atoms. The molecular formula is C14H21N3O. The molecule has 2 fully saturated rings. The fourth-order valence-corrected chi connectivity index (χ4v) is 2.99. The van der Waals surface area contributed by atoms with Gasteiger partial charge < -0.3 is 15.2 Å². The third-order valence-electron chi connectivity index (χ3n) is 4.19. The first kappa shape index (κ1) is 11.8. The second-order valence-electron chi connectivity index (χ2n) is 5.68. The number of nitrogens with two attached hydrogens (primary N) is 1. The van der Waals surface area contributed by atoms with Gasteiger partial charge in [-0.1, -0.05) is 0 Å². The summed E-state index contributed by atoms with van der Waals surface area (Å²) in [6.45, 7) is 3.61. The highest BCUT2D eigenvalue weighted by atomic mass is 16.2. The largest absolute Gasteiger partial charge is 0.340 e. The van der Waals surface area contributed by atoms with Crippen molar-refractivity contribution < 1.29 is 4.79 Å². The Balaban J connectivity index is 1.79. The van der Waals surface area contributed by atoms with Crippen LogP contribution >= 0.6 is 0 Å². The zero-order valence-electron chi connectivity index (χ0n) is 10.9. The Hall–Kier alpha value is -1.29. The second kappa shape index (κ2) is 4.43. The van der Waals surface area contributed by atoms with Gasteiger partial charge in [0, 0.05) is 24.8 Å². The van der Waals surface area contributed by atoms with Crippen molar-refractivity contribution in [3.8, 4) is 0 Å². The number of hydrogen-bond acceptors (Lipinski definition) is 2. The molecule has 1 amide bonds. The Morgan fingerprint density at radius 1 is 1.50 bits per heavy atom. The molecular weight excluding hydrogens is 226 g/mol. The maximum absolute atomic E-state index is 12.6. The Labute approximate surface area is 108 Å². The van der Waals surface area contributed by atoms with Crippen LogP contribution in [-0.4, -0.2) is 34.5 Å². The molecule has 2 atom stereocenters. The number of carbonyl (C=O) groups is 1. The van der Waals surface area contributed by atoms with Gasteiger partial charge in [-0.3, -0.25) is 4.79 Å². The van der Waals surface area contributed by atoms with E-state index in [0.717, 1.165) is 18.7 Å². The first-order valence-corrected chi connectivity index (χ1v) is 6.88. The Bertz CT molecular complexity index is 450. The van der Waals surface area contributed by atoms with Crippen molar-refractivity contribution in [2.24, 2.45) is 11.7 Å². The van der Waals surface area contributed by atoms with E-state index >= 15 is 0 Å². The molecule has 2 unspecified atom stereocenters. The van der Waals surface area contributed by atoms with Crippen LogP contribution in [0.5, 0.6) is 0 Å². The van der Waals surface area contributed by atoms with Gasteiger partial charge in [0.25, 0.3) is 5.91 Å². The van der Waals surface area contributed by atoms with Crippen LogP contribution < -0.4 is 5.73 Å². The Kier molecular flexibility index (Phi) is 2.90. The van der Waals surface area contributed by atoms with Crippen molar-refractivity contribution in [2.45, 2.75) is 38.3 Å². The van der Waals surface area contributed by atoms with E-state index in [9.17, 15) is 4.79 Å². The molecule has 0 aromatic carbocycles. The highest BCUT2D eigenvalue weighted by Crippen LogP contribution is 2.36. The predicted molar refractivity (Wildman–Crippen MR) is 70.4 cm³/mol. The number of nitrogens with zero attached hydrogens (tertiary/aromatic N) is 2. The van der Waals surface area contributed by atoms with E-state index in [2.05, 4.69) is 11.5 Å². The molecule has 1 saturated heterocycles. The number of amides is 1. The van der Waals surface area contributed by atoms with Gasteiger partial charge in [-0.25, -0.2) is 0 Å². The smallest absolute Gasteiger partial charge is 0.270 e. The molecule has 1 aliphatic carbocycles. The normalized spacial score (nSPS) is 27.8. The van der Waals surface area contributed by atoms with Gasteiger partial charge in [0.15, 0.2) is 0 Å². The number of likely N-dealkylation sites (tertiary alicyclic amines) is 1. The summed E-state index contributed by atoms with van der Waals surface area (Å²) in [5.74, 6) is 0.642. The third-order valence-corrected chi connectivity index (χ3v) is 4.19.